The van der Waals surface area contributed by atoms with E-state index in [0.29, 0.717) is 13.2 Å². The Bertz CT molecular complexity index is 285. The molecule has 19 heavy (non-hydrogen) atoms. The van der Waals surface area contributed by atoms with E-state index < -0.39 is 0 Å². The Labute approximate surface area is 118 Å². The lowest BCUT2D eigenvalue weighted by atomic mass is 10.1. The van der Waals surface area contributed by atoms with E-state index >= 15 is 0 Å². The highest BCUT2D eigenvalue weighted by molar-refractivity contribution is 5.13. The van der Waals surface area contributed by atoms with E-state index in [-0.39, 0.29) is 0 Å². The molecule has 0 spiro atoms. The van der Waals surface area contributed by atoms with Gasteiger partial charge in [-0.05, 0) is 12.0 Å². The minimum Gasteiger partial charge on any atom is -0.236 e. The number of unbranched alkanes of at least 4 members (excludes halogenated alkanes) is 7. The van der Waals surface area contributed by atoms with Gasteiger partial charge in [-0.1, -0.05) is 82.2 Å². The average Bonchev–Trinajstić information content (AvgIpc) is 2.46. The molecular weight excluding hydrogens is 236 g/mol. The van der Waals surface area contributed by atoms with Crippen molar-refractivity contribution in [2.75, 3.05) is 6.61 Å². The Balaban J connectivity index is 1.79. The summed E-state index contributed by atoms with van der Waals surface area (Å²) in [7, 11) is 0. The van der Waals surface area contributed by atoms with Gasteiger partial charge in [0.15, 0.2) is 0 Å². The molecule has 0 fully saturated rings. The van der Waals surface area contributed by atoms with Gasteiger partial charge in [0.25, 0.3) is 0 Å². The molecule has 0 aliphatic heterocycles. The third-order valence-electron chi connectivity index (χ3n) is 3.23. The molecule has 0 N–H and O–H groups in total. The van der Waals surface area contributed by atoms with Crippen LogP contribution in [0, 0.1) is 0 Å². The van der Waals surface area contributed by atoms with Crippen molar-refractivity contribution in [2.24, 2.45) is 0 Å². The molecule has 2 nitrogen and oxygen atoms in total. The van der Waals surface area contributed by atoms with Crippen LogP contribution in [0.1, 0.15) is 63.9 Å². The lowest BCUT2D eigenvalue weighted by molar-refractivity contribution is -0.304. The maximum atomic E-state index is 5.18. The summed E-state index contributed by atoms with van der Waals surface area (Å²) in [4.78, 5) is 10.4. The molecule has 1 aromatic rings. The van der Waals surface area contributed by atoms with Crippen molar-refractivity contribution >= 4 is 0 Å². The number of rotatable bonds is 12. The Morgan fingerprint density at radius 1 is 0.737 bits per heavy atom. The third-order valence-corrected chi connectivity index (χ3v) is 3.23. The molecule has 1 rings (SSSR count). The molecule has 2 heteroatoms. The first-order valence-electron chi connectivity index (χ1n) is 7.72. The van der Waals surface area contributed by atoms with Gasteiger partial charge in [0.1, 0.15) is 6.61 Å². The highest BCUT2D eigenvalue weighted by Crippen LogP contribution is 2.08. The van der Waals surface area contributed by atoms with Crippen LogP contribution in [0.3, 0.4) is 0 Å². The lowest BCUT2D eigenvalue weighted by Crippen LogP contribution is -1.97. The molecule has 1 aromatic carbocycles. The first-order valence-corrected chi connectivity index (χ1v) is 7.72. The van der Waals surface area contributed by atoms with Crippen molar-refractivity contribution in [3.8, 4) is 0 Å². The largest absolute Gasteiger partial charge is 0.236 e. The molecule has 0 unspecified atom stereocenters. The minimum atomic E-state index is 0.540. The van der Waals surface area contributed by atoms with Gasteiger partial charge in [0, 0.05) is 0 Å². The second-order valence-corrected chi connectivity index (χ2v) is 5.04. The summed E-state index contributed by atoms with van der Waals surface area (Å²) >= 11 is 0. The standard InChI is InChI=1S/C17H28O2/c1-2-3-4-5-6-7-8-12-15-18-19-16-17-13-10-9-11-14-17/h9-11,13-14H,2-8,12,15-16H2,1H3. The molecule has 0 amide bonds. The third kappa shape index (κ3) is 9.69. The van der Waals surface area contributed by atoms with E-state index in [0.717, 1.165) is 12.0 Å². The number of hydrogen-bond acceptors (Lipinski definition) is 2. The zero-order chi connectivity index (χ0) is 13.6. The summed E-state index contributed by atoms with van der Waals surface area (Å²) in [6.07, 6.45) is 10.5. The number of benzene rings is 1. The first-order chi connectivity index (χ1) is 9.43. The van der Waals surface area contributed by atoms with Crippen LogP contribution < -0.4 is 0 Å². The van der Waals surface area contributed by atoms with Gasteiger partial charge in [0.05, 0.1) is 6.61 Å². The predicted octanol–water partition coefficient (Wildman–Crippen LogP) is 5.28. The molecule has 0 aliphatic rings. The van der Waals surface area contributed by atoms with Crippen LogP contribution in [0.15, 0.2) is 30.3 Å². The highest BCUT2D eigenvalue weighted by Gasteiger charge is 1.94. The number of hydrogen-bond donors (Lipinski definition) is 0. The van der Waals surface area contributed by atoms with Crippen molar-refractivity contribution in [1.82, 2.24) is 0 Å². The Morgan fingerprint density at radius 2 is 1.37 bits per heavy atom. The molecule has 0 radical (unpaired) electrons. The van der Waals surface area contributed by atoms with Gasteiger partial charge >= 0.3 is 0 Å². The molecule has 0 atom stereocenters. The molecule has 0 bridgehead atoms. The van der Waals surface area contributed by atoms with E-state index in [2.05, 4.69) is 6.92 Å². The van der Waals surface area contributed by atoms with E-state index in [1.165, 1.54) is 44.9 Å². The van der Waals surface area contributed by atoms with Crippen LogP contribution in [-0.2, 0) is 16.4 Å². The topological polar surface area (TPSA) is 18.5 Å². The van der Waals surface area contributed by atoms with Crippen LogP contribution in [-0.4, -0.2) is 6.61 Å². The molecule has 0 saturated heterocycles. The quantitative estimate of drug-likeness (QED) is 0.291. The fourth-order valence-electron chi connectivity index (χ4n) is 2.04. The molecule has 0 saturated carbocycles. The molecule has 0 aromatic heterocycles. The van der Waals surface area contributed by atoms with Gasteiger partial charge < -0.3 is 0 Å². The fourth-order valence-corrected chi connectivity index (χ4v) is 2.04. The SMILES string of the molecule is CCCCCCCCCCOOCc1ccccc1. The van der Waals surface area contributed by atoms with Crippen molar-refractivity contribution < 1.29 is 9.78 Å². The summed E-state index contributed by atoms with van der Waals surface area (Å²) in [6.45, 7) is 3.51. The summed E-state index contributed by atoms with van der Waals surface area (Å²) in [5, 5.41) is 0. The fraction of sp³-hybridized carbons (Fsp3) is 0.647. The second-order valence-electron chi connectivity index (χ2n) is 5.04. The van der Waals surface area contributed by atoms with Crippen molar-refractivity contribution in [3.63, 3.8) is 0 Å². The molecule has 0 heterocycles. The van der Waals surface area contributed by atoms with Gasteiger partial charge in [-0.3, -0.25) is 0 Å². The van der Waals surface area contributed by atoms with Crippen LogP contribution in [0.25, 0.3) is 0 Å². The van der Waals surface area contributed by atoms with Gasteiger partial charge in [-0.2, -0.15) is 0 Å². The second kappa shape index (κ2) is 12.2. The Hall–Kier alpha value is -0.860. The van der Waals surface area contributed by atoms with E-state index in [4.69, 9.17) is 9.78 Å². The Morgan fingerprint density at radius 3 is 2.05 bits per heavy atom. The van der Waals surface area contributed by atoms with Gasteiger partial charge in [0.2, 0.25) is 0 Å². The highest BCUT2D eigenvalue weighted by atomic mass is 17.2. The summed E-state index contributed by atoms with van der Waals surface area (Å²) in [5.41, 5.74) is 1.15. The predicted molar refractivity (Wildman–Crippen MR) is 79.8 cm³/mol. The maximum absolute atomic E-state index is 5.18. The normalized spacial score (nSPS) is 10.8. The summed E-state index contributed by atoms with van der Waals surface area (Å²) in [6, 6.07) is 10.1. The zero-order valence-electron chi connectivity index (χ0n) is 12.3. The average molecular weight is 264 g/mol. The summed E-state index contributed by atoms with van der Waals surface area (Å²) < 4.78 is 0. The van der Waals surface area contributed by atoms with Gasteiger partial charge in [-0.15, -0.1) is 0 Å². The zero-order valence-corrected chi connectivity index (χ0v) is 12.3. The van der Waals surface area contributed by atoms with Crippen LogP contribution in [0.5, 0.6) is 0 Å². The van der Waals surface area contributed by atoms with E-state index in [1.807, 2.05) is 30.3 Å². The van der Waals surface area contributed by atoms with Crippen molar-refractivity contribution in [1.29, 1.82) is 0 Å². The molecular formula is C17H28O2. The van der Waals surface area contributed by atoms with Crippen LogP contribution in [0.4, 0.5) is 0 Å². The maximum Gasteiger partial charge on any atom is 0.107 e. The van der Waals surface area contributed by atoms with Crippen molar-refractivity contribution in [2.45, 2.75) is 64.9 Å². The summed E-state index contributed by atoms with van der Waals surface area (Å²) in [5.74, 6) is 0. The lowest BCUT2D eigenvalue weighted by Gasteiger charge is -2.04. The van der Waals surface area contributed by atoms with E-state index in [9.17, 15) is 0 Å². The van der Waals surface area contributed by atoms with Gasteiger partial charge in [-0.25, -0.2) is 9.78 Å². The first kappa shape index (κ1) is 16.2. The Kier molecular flexibility index (Phi) is 10.4. The van der Waals surface area contributed by atoms with Crippen molar-refractivity contribution in [3.05, 3.63) is 35.9 Å². The smallest absolute Gasteiger partial charge is 0.107 e. The van der Waals surface area contributed by atoms with Crippen LogP contribution >= 0.6 is 0 Å². The monoisotopic (exact) mass is 264 g/mol. The molecule has 0 aliphatic carbocycles. The van der Waals surface area contributed by atoms with Crippen LogP contribution in [0.2, 0.25) is 0 Å². The molecule has 108 valence electrons. The van der Waals surface area contributed by atoms with E-state index in [1.54, 1.807) is 0 Å². The minimum absolute atomic E-state index is 0.540.